The average molecular weight is 444 g/mol. The standard InChI is InChI=1S/C24H20N4O5/c29-24(18-7-11-20(12-8-18)28(32)33)14-16-26-15-13-21(25-22-3-1-2-4-23(22)26)17-5-9-19(10-6-17)27(30)31/h1-12H,13-16H2. The summed E-state index contributed by atoms with van der Waals surface area (Å²) in [7, 11) is 0. The average Bonchev–Trinajstić information content (AvgIpc) is 3.02. The Labute approximate surface area is 189 Å². The minimum Gasteiger partial charge on any atom is -0.369 e. The first-order valence-electron chi connectivity index (χ1n) is 10.4. The Balaban J connectivity index is 1.50. The second kappa shape index (κ2) is 9.39. The smallest absolute Gasteiger partial charge is 0.269 e. The van der Waals surface area contributed by atoms with E-state index < -0.39 is 9.85 Å². The maximum absolute atomic E-state index is 12.7. The van der Waals surface area contributed by atoms with Gasteiger partial charge in [0.25, 0.3) is 11.4 Å². The Bertz CT molecular complexity index is 1240. The lowest BCUT2D eigenvalue weighted by Gasteiger charge is -2.24. The van der Waals surface area contributed by atoms with Crippen LogP contribution in [0.2, 0.25) is 0 Å². The second-order valence-electron chi connectivity index (χ2n) is 7.57. The summed E-state index contributed by atoms with van der Waals surface area (Å²) in [6.07, 6.45) is 0.858. The van der Waals surface area contributed by atoms with Crippen LogP contribution in [-0.4, -0.2) is 34.4 Å². The zero-order valence-electron chi connectivity index (χ0n) is 17.6. The molecule has 9 nitrogen and oxygen atoms in total. The molecule has 0 spiro atoms. The van der Waals surface area contributed by atoms with Crippen LogP contribution in [0.25, 0.3) is 0 Å². The maximum Gasteiger partial charge on any atom is 0.269 e. The molecule has 1 aliphatic heterocycles. The highest BCUT2D eigenvalue weighted by molar-refractivity contribution is 6.04. The van der Waals surface area contributed by atoms with Crippen molar-refractivity contribution in [3.63, 3.8) is 0 Å². The molecule has 4 rings (SSSR count). The number of fused-ring (bicyclic) bond motifs is 1. The van der Waals surface area contributed by atoms with Gasteiger partial charge in [0.05, 0.1) is 26.9 Å². The van der Waals surface area contributed by atoms with Crippen molar-refractivity contribution in [3.05, 3.63) is 104 Å². The lowest BCUT2D eigenvalue weighted by Crippen LogP contribution is -2.27. The summed E-state index contributed by atoms with van der Waals surface area (Å²) in [5.41, 5.74) is 3.73. The number of benzene rings is 3. The molecule has 33 heavy (non-hydrogen) atoms. The predicted octanol–water partition coefficient (Wildman–Crippen LogP) is 5.11. The summed E-state index contributed by atoms with van der Waals surface area (Å²) in [4.78, 5) is 40.4. The Morgan fingerprint density at radius 3 is 2.12 bits per heavy atom. The summed E-state index contributed by atoms with van der Waals surface area (Å²) in [6, 6.07) is 19.6. The van der Waals surface area contributed by atoms with E-state index in [-0.39, 0.29) is 23.6 Å². The van der Waals surface area contributed by atoms with Gasteiger partial charge in [0, 0.05) is 55.8 Å². The van der Waals surface area contributed by atoms with Crippen LogP contribution >= 0.6 is 0 Å². The summed E-state index contributed by atoms with van der Waals surface area (Å²) < 4.78 is 0. The van der Waals surface area contributed by atoms with Gasteiger partial charge in [-0.25, -0.2) is 0 Å². The molecule has 1 aliphatic rings. The van der Waals surface area contributed by atoms with Crippen LogP contribution in [0, 0.1) is 20.2 Å². The molecule has 0 saturated heterocycles. The number of hydrogen-bond donors (Lipinski definition) is 0. The zero-order valence-corrected chi connectivity index (χ0v) is 17.6. The van der Waals surface area contributed by atoms with Crippen LogP contribution < -0.4 is 4.90 Å². The normalized spacial score (nSPS) is 13.0. The Hall–Kier alpha value is -4.40. The third-order valence-corrected chi connectivity index (χ3v) is 5.52. The fourth-order valence-electron chi connectivity index (χ4n) is 3.76. The van der Waals surface area contributed by atoms with E-state index in [4.69, 9.17) is 4.99 Å². The second-order valence-corrected chi connectivity index (χ2v) is 7.57. The minimum absolute atomic E-state index is 0.0276. The molecule has 1 heterocycles. The first-order chi connectivity index (χ1) is 15.9. The SMILES string of the molecule is O=C(CCN1CCC(c2ccc([N+](=O)[O-])cc2)=Nc2ccccc21)c1ccc([N+](=O)[O-])cc1. The summed E-state index contributed by atoms with van der Waals surface area (Å²) >= 11 is 0. The number of para-hydroxylation sites is 2. The van der Waals surface area contributed by atoms with E-state index in [9.17, 15) is 25.0 Å². The molecule has 0 bridgehead atoms. The first kappa shape index (κ1) is 21.8. The summed E-state index contributed by atoms with van der Waals surface area (Å²) in [5.74, 6) is -0.0943. The van der Waals surface area contributed by atoms with Crippen LogP contribution in [0.5, 0.6) is 0 Å². The highest BCUT2D eigenvalue weighted by Gasteiger charge is 2.19. The molecule has 9 heteroatoms. The molecule has 0 aromatic heterocycles. The molecule has 0 atom stereocenters. The van der Waals surface area contributed by atoms with Crippen molar-refractivity contribution in [1.82, 2.24) is 0 Å². The molecule has 0 fully saturated rings. The highest BCUT2D eigenvalue weighted by Crippen LogP contribution is 2.32. The number of nitro benzene ring substituents is 2. The number of carbonyl (C=O) groups excluding carboxylic acids is 1. The maximum atomic E-state index is 12.7. The van der Waals surface area contributed by atoms with E-state index in [2.05, 4.69) is 4.90 Å². The van der Waals surface area contributed by atoms with Crippen molar-refractivity contribution in [1.29, 1.82) is 0 Å². The van der Waals surface area contributed by atoms with Crippen molar-refractivity contribution >= 4 is 34.2 Å². The van der Waals surface area contributed by atoms with Crippen molar-refractivity contribution < 1.29 is 14.6 Å². The number of ketones is 1. The Morgan fingerprint density at radius 1 is 0.879 bits per heavy atom. The quantitative estimate of drug-likeness (QED) is 0.284. The lowest BCUT2D eigenvalue weighted by molar-refractivity contribution is -0.385. The van der Waals surface area contributed by atoms with Gasteiger partial charge in [-0.2, -0.15) is 0 Å². The van der Waals surface area contributed by atoms with Crippen molar-refractivity contribution in [3.8, 4) is 0 Å². The number of hydrogen-bond acceptors (Lipinski definition) is 7. The van der Waals surface area contributed by atoms with Crippen LogP contribution in [-0.2, 0) is 0 Å². The number of Topliss-reactive ketones (excluding diaryl/α,β-unsaturated/α-hetero) is 1. The van der Waals surface area contributed by atoms with E-state index in [0.717, 1.165) is 22.6 Å². The van der Waals surface area contributed by atoms with Gasteiger partial charge in [-0.05, 0) is 42.0 Å². The van der Waals surface area contributed by atoms with Crippen molar-refractivity contribution in [2.45, 2.75) is 12.8 Å². The molecule has 0 aliphatic carbocycles. The molecule has 0 N–H and O–H groups in total. The number of anilines is 1. The molecule has 166 valence electrons. The van der Waals surface area contributed by atoms with E-state index in [0.29, 0.717) is 25.1 Å². The molecule has 3 aromatic carbocycles. The van der Waals surface area contributed by atoms with Crippen molar-refractivity contribution in [2.24, 2.45) is 4.99 Å². The molecule has 0 amide bonds. The Kier molecular flexibility index (Phi) is 6.21. The van der Waals surface area contributed by atoms with Crippen LogP contribution in [0.3, 0.4) is 0 Å². The van der Waals surface area contributed by atoms with Crippen LogP contribution in [0.15, 0.2) is 77.8 Å². The largest absolute Gasteiger partial charge is 0.369 e. The van der Waals surface area contributed by atoms with Gasteiger partial charge in [0.2, 0.25) is 0 Å². The highest BCUT2D eigenvalue weighted by atomic mass is 16.6. The number of nitrogens with zero attached hydrogens (tertiary/aromatic N) is 4. The molecule has 0 unspecified atom stereocenters. The number of rotatable bonds is 7. The topological polar surface area (TPSA) is 119 Å². The number of aliphatic imine (C=N–C) groups is 1. The first-order valence-corrected chi connectivity index (χ1v) is 10.4. The van der Waals surface area contributed by atoms with Gasteiger partial charge in [-0.15, -0.1) is 0 Å². The van der Waals surface area contributed by atoms with Gasteiger partial charge in [-0.1, -0.05) is 12.1 Å². The third kappa shape index (κ3) is 4.93. The molecule has 3 aromatic rings. The molecular formula is C24H20N4O5. The summed E-state index contributed by atoms with van der Waals surface area (Å²) in [6.45, 7) is 1.09. The lowest BCUT2D eigenvalue weighted by atomic mass is 10.1. The molecule has 0 saturated carbocycles. The fraction of sp³-hybridized carbons (Fsp3) is 0.167. The van der Waals surface area contributed by atoms with E-state index >= 15 is 0 Å². The third-order valence-electron chi connectivity index (χ3n) is 5.52. The molecular weight excluding hydrogens is 424 g/mol. The zero-order chi connectivity index (χ0) is 23.4. The monoisotopic (exact) mass is 444 g/mol. The molecule has 0 radical (unpaired) electrons. The van der Waals surface area contributed by atoms with E-state index in [1.807, 2.05) is 24.3 Å². The number of carbonyl (C=O) groups is 1. The number of nitro groups is 2. The van der Waals surface area contributed by atoms with E-state index in [1.165, 1.54) is 36.4 Å². The predicted molar refractivity (Wildman–Crippen MR) is 125 cm³/mol. The van der Waals surface area contributed by atoms with Gasteiger partial charge >= 0.3 is 0 Å². The van der Waals surface area contributed by atoms with Gasteiger partial charge < -0.3 is 4.90 Å². The fourth-order valence-corrected chi connectivity index (χ4v) is 3.76. The minimum atomic E-state index is -0.495. The van der Waals surface area contributed by atoms with Crippen LogP contribution in [0.1, 0.15) is 28.8 Å². The van der Waals surface area contributed by atoms with Crippen LogP contribution in [0.4, 0.5) is 22.7 Å². The van der Waals surface area contributed by atoms with Gasteiger partial charge in [-0.3, -0.25) is 30.0 Å². The van der Waals surface area contributed by atoms with Gasteiger partial charge in [0.15, 0.2) is 5.78 Å². The van der Waals surface area contributed by atoms with E-state index in [1.54, 1.807) is 12.1 Å². The summed E-state index contributed by atoms with van der Waals surface area (Å²) in [5, 5.41) is 21.7. The van der Waals surface area contributed by atoms with Gasteiger partial charge in [0.1, 0.15) is 0 Å². The number of non-ortho nitro benzene ring substituents is 2. The van der Waals surface area contributed by atoms with Crippen molar-refractivity contribution in [2.75, 3.05) is 18.0 Å². The Morgan fingerprint density at radius 2 is 1.48 bits per heavy atom.